The van der Waals surface area contributed by atoms with E-state index in [2.05, 4.69) is 56.4 Å². The molecule has 9 heterocycles. The van der Waals surface area contributed by atoms with Gasteiger partial charge in [-0.25, -0.2) is 4.79 Å². The molecule has 23 atom stereocenters. The second-order valence-electron chi connectivity index (χ2n) is 33.9. The lowest BCUT2D eigenvalue weighted by Crippen LogP contribution is -2.65. The van der Waals surface area contributed by atoms with Crippen LogP contribution in [0.2, 0.25) is 10.0 Å². The van der Waals surface area contributed by atoms with E-state index >= 15 is 24.0 Å². The molecule has 0 radical (unpaired) electrons. The normalized spacial score (nSPS) is 28.6. The Morgan fingerprint density at radius 1 is 0.507 bits per heavy atom. The van der Waals surface area contributed by atoms with Crippen LogP contribution >= 0.6 is 23.2 Å². The van der Waals surface area contributed by atoms with E-state index in [1.54, 1.807) is 0 Å². The minimum Gasteiger partial charge on any atom is -0.508 e. The topological polar surface area (TPSA) is 662 Å². The lowest BCUT2D eigenvalue weighted by Gasteiger charge is -2.44. The summed E-state index contributed by atoms with van der Waals surface area (Å²) in [4.78, 5) is 139. The van der Waals surface area contributed by atoms with Crippen molar-refractivity contribution in [2.45, 2.75) is 219 Å². The number of nitrogens with two attached hydrogens (primary N) is 1. The fraction of sp³-hybridized carbons (Fsp3) is 0.433. The van der Waals surface area contributed by atoms with Crippen LogP contribution in [0.3, 0.4) is 0 Å². The molecule has 7 aromatic carbocycles. The standard InChI is InChI=1S/C90H101Cl2N9O33/c1-35(2)11-8-6-4-5-7-9-14-61(110)96-69-75(115)72(112)59(33-103)131-89(69)134-80-56-27-41-28-57(80)128-54-20-17-39(26-49(54)92)78(133-88-68(94-36(3)105)74(114)71(111)58(32-102)130-88)70-86(123)100-67(87(124)125)47-30-43(107)31-55(129-90-77(117)76(116)73(113)60(34-104)132-90)62(47)46-25-38(16-18-51(46)108)64(83(120)101-70)98-85(122)66(41)99-84(121)65-40-23-42(106)29-44(24-40)126-79-45(12-10-13-52(79)109)63(93)82(119)95-50(81(118)97-65)22-37-15-19-53(127-56)48(91)21-37/h10,12-13,15-21,23-31,35,50,58-60,63-78,88-90,102-104,106-109,111-117H,4-9,11,14,22,32-34,93H2,1-3H3,(H,94,105)(H,95,119)(H,96,110)(H,97,118)(H,98,122)(H,99,121)(H,100,123)(H,101,120)(H,124,125). The van der Waals surface area contributed by atoms with E-state index in [0.717, 1.165) is 118 Å². The fourth-order valence-corrected chi connectivity index (χ4v) is 17.4. The number of nitrogens with one attached hydrogen (secondary N) is 8. The van der Waals surface area contributed by atoms with Crippen LogP contribution in [-0.2, 0) is 68.5 Å². The van der Waals surface area contributed by atoms with Crippen molar-refractivity contribution in [2.75, 3.05) is 19.8 Å². The number of carboxylic acid groups (broad SMARTS) is 1. The molecule has 25 N–H and O–H groups in total. The SMILES string of the molecule is CC(=O)NC1C(OC2c3ccc(c(Cl)c3)Oc3cc4cc(c3OC3OC(CO)C(O)C(O)C3NC(=O)CCCCCCCCC(C)C)Oc3ccc(cc3Cl)CC3NC(=O)C(N)c5cccc(O)c5Oc5cc(O)cc(c5)C(NC3=O)C(=O)NC4C(=O)NC3C(=O)NC2C(=O)NC(C(=O)O)c2cc(O)cc(OC4OC(CO)C(O)C(O)C4O)c2-c2cc3ccc2O)OC(CO)C(O)C1O. The highest BCUT2D eigenvalue weighted by atomic mass is 35.5. The first kappa shape index (κ1) is 98.0. The number of aliphatic carboxylic acids is 1. The van der Waals surface area contributed by atoms with Gasteiger partial charge in [0.1, 0.15) is 156 Å². The second-order valence-corrected chi connectivity index (χ2v) is 34.7. The van der Waals surface area contributed by atoms with E-state index in [1.807, 2.05) is 0 Å². The predicted molar refractivity (Wildman–Crippen MR) is 462 cm³/mol. The molecule has 8 amide bonds. The van der Waals surface area contributed by atoms with Crippen LogP contribution in [-0.4, -0.2) is 254 Å². The molecule has 0 saturated carbocycles. The first-order valence-electron chi connectivity index (χ1n) is 43.0. The van der Waals surface area contributed by atoms with Gasteiger partial charge in [0.15, 0.2) is 35.3 Å². The maximum atomic E-state index is 17.0. The van der Waals surface area contributed by atoms with Crippen molar-refractivity contribution >= 4 is 76.4 Å². The first-order valence-corrected chi connectivity index (χ1v) is 43.7. The molecule has 3 saturated heterocycles. The Balaban J connectivity index is 1.03. The number of phenolic OH excluding ortho intramolecular Hbond substituents is 4. The van der Waals surface area contributed by atoms with Crippen molar-refractivity contribution in [3.63, 3.8) is 0 Å². The molecule has 16 rings (SSSR count). The summed E-state index contributed by atoms with van der Waals surface area (Å²) in [6, 6.07) is 0.719. The number of unbranched alkanes of at least 4 members (excludes halogenated alkanes) is 5. The number of carboxylic acids is 1. The van der Waals surface area contributed by atoms with Crippen molar-refractivity contribution in [1.82, 2.24) is 42.5 Å². The number of para-hydroxylation sites is 1. The number of ether oxygens (including phenoxy) is 9. The Hall–Kier alpha value is -12.0. The molecular formula is C90H101Cl2N9O33. The third-order valence-electron chi connectivity index (χ3n) is 23.9. The lowest BCUT2D eigenvalue weighted by atomic mass is 9.89. The quantitative estimate of drug-likeness (QED) is 0.0456. The number of fused-ring (bicyclic) bond motifs is 13. The highest BCUT2D eigenvalue weighted by molar-refractivity contribution is 6.32. The highest BCUT2D eigenvalue weighted by Crippen LogP contribution is 2.51. The number of aliphatic hydroxyl groups is 10. The summed E-state index contributed by atoms with van der Waals surface area (Å²) >= 11 is 14.7. The van der Waals surface area contributed by atoms with Crippen LogP contribution in [0.15, 0.2) is 115 Å². The van der Waals surface area contributed by atoms with Crippen molar-refractivity contribution in [1.29, 1.82) is 0 Å². The van der Waals surface area contributed by atoms with E-state index in [9.17, 15) is 95.8 Å². The monoisotopic (exact) mass is 1910 g/mol. The molecule has 7 aromatic rings. The molecule has 23 unspecified atom stereocenters. The summed E-state index contributed by atoms with van der Waals surface area (Å²) in [6.45, 7) is 2.09. The largest absolute Gasteiger partial charge is 0.508 e. The minimum atomic E-state index is -2.59. The zero-order chi connectivity index (χ0) is 96.3. The summed E-state index contributed by atoms with van der Waals surface area (Å²) in [6.07, 6.45) is -23.8. The summed E-state index contributed by atoms with van der Waals surface area (Å²) in [7, 11) is 0. The zero-order valence-electron chi connectivity index (χ0n) is 71.7. The molecule has 42 nitrogen and oxygen atoms in total. The van der Waals surface area contributed by atoms with Gasteiger partial charge in [-0.1, -0.05) is 106 Å². The highest BCUT2D eigenvalue weighted by Gasteiger charge is 2.52. The molecule has 134 heavy (non-hydrogen) atoms. The van der Waals surface area contributed by atoms with Gasteiger partial charge < -0.3 is 167 Å². The number of amides is 8. The third kappa shape index (κ3) is 21.3. The third-order valence-corrected chi connectivity index (χ3v) is 24.5. The first-order chi connectivity index (χ1) is 63.9. The van der Waals surface area contributed by atoms with Crippen LogP contribution in [0, 0.1) is 5.92 Å². The van der Waals surface area contributed by atoms with Gasteiger partial charge >= 0.3 is 5.97 Å². The molecule has 44 heteroatoms. The summed E-state index contributed by atoms with van der Waals surface area (Å²) in [5.74, 6) is -19.3. The van der Waals surface area contributed by atoms with Crippen LogP contribution in [0.5, 0.6) is 69.0 Å². The molecule has 9 aliphatic rings. The Bertz CT molecular complexity index is 5600. The van der Waals surface area contributed by atoms with Crippen molar-refractivity contribution in [2.24, 2.45) is 11.7 Å². The predicted octanol–water partition coefficient (Wildman–Crippen LogP) is 1.80. The number of aliphatic hydroxyl groups excluding tert-OH is 10. The van der Waals surface area contributed by atoms with Crippen LogP contribution < -0.4 is 72.0 Å². The van der Waals surface area contributed by atoms with E-state index in [4.69, 9.17) is 71.6 Å². The summed E-state index contributed by atoms with van der Waals surface area (Å²) < 4.78 is 57.6. The van der Waals surface area contributed by atoms with E-state index in [1.165, 1.54) is 36.4 Å². The second kappa shape index (κ2) is 41.8. The van der Waals surface area contributed by atoms with Crippen molar-refractivity contribution in [3.8, 4) is 80.1 Å². The number of hydrogen-bond acceptors (Lipinski definition) is 33. The number of rotatable bonds is 21. The number of carbonyl (C=O) groups is 9. The van der Waals surface area contributed by atoms with Crippen LogP contribution in [0.4, 0.5) is 0 Å². The summed E-state index contributed by atoms with van der Waals surface area (Å²) in [5, 5.41) is 191. The van der Waals surface area contributed by atoms with Gasteiger partial charge in [-0.05, 0) is 113 Å². The number of carbonyl (C=O) groups excluding carboxylic acids is 8. The van der Waals surface area contributed by atoms with Gasteiger partial charge in [0.25, 0.3) is 0 Å². The zero-order valence-corrected chi connectivity index (χ0v) is 73.2. The molecule has 15 bridgehead atoms. The van der Waals surface area contributed by atoms with Gasteiger partial charge in [-0.15, -0.1) is 0 Å². The maximum absolute atomic E-state index is 17.0. The Kier molecular flexibility index (Phi) is 30.6. The van der Waals surface area contributed by atoms with E-state index in [0.29, 0.717) is 18.8 Å². The maximum Gasteiger partial charge on any atom is 0.330 e. The molecule has 9 aliphatic heterocycles. The van der Waals surface area contributed by atoms with Crippen LogP contribution in [0.1, 0.15) is 147 Å². The molecule has 3 fully saturated rings. The molecule has 0 aliphatic carbocycles. The minimum absolute atomic E-state index is 0.139. The fourth-order valence-electron chi connectivity index (χ4n) is 16.9. The van der Waals surface area contributed by atoms with E-state index < -0.39 is 327 Å². The smallest absolute Gasteiger partial charge is 0.330 e. The summed E-state index contributed by atoms with van der Waals surface area (Å²) in [5.41, 5.74) is 2.65. The molecule has 0 aromatic heterocycles. The number of halogens is 2. The van der Waals surface area contributed by atoms with Gasteiger partial charge in [0.2, 0.25) is 65.6 Å². The van der Waals surface area contributed by atoms with Gasteiger partial charge in [-0.3, -0.25) is 38.4 Å². The average molecular weight is 1910 g/mol. The molecular weight excluding hydrogens is 1810 g/mol. The van der Waals surface area contributed by atoms with Gasteiger partial charge in [0, 0.05) is 54.2 Å². The molecule has 718 valence electrons. The average Bonchev–Trinajstić information content (AvgIpc) is 0.850. The van der Waals surface area contributed by atoms with Gasteiger partial charge in [-0.2, -0.15) is 0 Å². The van der Waals surface area contributed by atoms with Gasteiger partial charge in [0.05, 0.1) is 29.9 Å². The number of aromatic hydroxyl groups is 4. The van der Waals surface area contributed by atoms with Crippen molar-refractivity contribution < 1.29 is 162 Å². The van der Waals surface area contributed by atoms with Crippen molar-refractivity contribution in [3.05, 3.63) is 164 Å². The lowest BCUT2D eigenvalue weighted by molar-refractivity contribution is -0.284. The number of phenols is 4. The number of benzene rings is 7. The molecule has 0 spiro atoms. The van der Waals surface area contributed by atoms with Crippen LogP contribution in [0.25, 0.3) is 11.1 Å². The Morgan fingerprint density at radius 3 is 1.70 bits per heavy atom. The van der Waals surface area contributed by atoms with E-state index in [-0.39, 0.29) is 28.3 Å². The number of hydrogen-bond donors (Lipinski definition) is 24. The Labute approximate surface area is 772 Å². The Morgan fingerprint density at radius 2 is 1.07 bits per heavy atom.